The quantitative estimate of drug-likeness (QED) is 0.203. The standard InChI is InChI=1S/C29H26O2/c1-2-3-4-5-6-7-23-14-22-16-27-20(18-29(22)31-23)9-11-24-25(27)10-8-19-17-28-21(12-13-30-28)15-26(19)24/h8-18H,2-7H2,1H3. The van der Waals surface area contributed by atoms with Crippen molar-refractivity contribution in [2.24, 2.45) is 0 Å². The molecule has 0 saturated heterocycles. The van der Waals surface area contributed by atoms with E-state index in [4.69, 9.17) is 8.83 Å². The number of unbranched alkanes of at least 4 members (excludes halogenated alkanes) is 4. The SMILES string of the molecule is CCCCCCCc1cc2cc3c(ccc4c5cc6ccoc6cc5ccc34)cc2o1. The van der Waals surface area contributed by atoms with Gasteiger partial charge in [0.15, 0.2) is 0 Å². The Kier molecular flexibility index (Phi) is 4.45. The van der Waals surface area contributed by atoms with E-state index in [0.29, 0.717) is 0 Å². The largest absolute Gasteiger partial charge is 0.464 e. The first kappa shape index (κ1) is 18.5. The molecule has 0 bridgehead atoms. The summed E-state index contributed by atoms with van der Waals surface area (Å²) in [6.45, 7) is 2.26. The van der Waals surface area contributed by atoms with E-state index in [1.54, 1.807) is 6.26 Å². The van der Waals surface area contributed by atoms with Crippen LogP contribution in [0, 0.1) is 0 Å². The van der Waals surface area contributed by atoms with Gasteiger partial charge < -0.3 is 8.83 Å². The van der Waals surface area contributed by atoms with Crippen molar-refractivity contribution in [3.05, 3.63) is 72.7 Å². The summed E-state index contributed by atoms with van der Waals surface area (Å²) in [4.78, 5) is 0. The second-order valence-corrected chi connectivity index (χ2v) is 8.75. The van der Waals surface area contributed by atoms with E-state index in [0.717, 1.165) is 28.7 Å². The van der Waals surface area contributed by atoms with Crippen molar-refractivity contribution < 1.29 is 8.83 Å². The molecule has 0 amide bonds. The first-order chi connectivity index (χ1) is 15.3. The maximum absolute atomic E-state index is 6.19. The van der Waals surface area contributed by atoms with E-state index in [1.165, 1.54) is 69.8 Å². The number of benzene rings is 4. The summed E-state index contributed by atoms with van der Waals surface area (Å²) in [5, 5.41) is 9.92. The van der Waals surface area contributed by atoms with Crippen LogP contribution in [0.3, 0.4) is 0 Å². The van der Waals surface area contributed by atoms with Crippen LogP contribution in [0.5, 0.6) is 0 Å². The fourth-order valence-corrected chi connectivity index (χ4v) is 4.95. The zero-order valence-electron chi connectivity index (χ0n) is 17.9. The molecule has 4 aromatic carbocycles. The van der Waals surface area contributed by atoms with Crippen LogP contribution in [0.15, 0.2) is 75.8 Å². The summed E-state index contributed by atoms with van der Waals surface area (Å²) in [6.07, 6.45) is 9.22. The molecule has 0 unspecified atom stereocenters. The average Bonchev–Trinajstić information content (AvgIpc) is 3.41. The fourth-order valence-electron chi connectivity index (χ4n) is 4.95. The summed E-state index contributed by atoms with van der Waals surface area (Å²) < 4.78 is 11.8. The molecule has 0 fully saturated rings. The molecule has 2 nitrogen and oxygen atoms in total. The van der Waals surface area contributed by atoms with Crippen molar-refractivity contribution in [3.63, 3.8) is 0 Å². The van der Waals surface area contributed by atoms with Gasteiger partial charge in [-0.2, -0.15) is 0 Å². The third kappa shape index (κ3) is 3.18. The van der Waals surface area contributed by atoms with Gasteiger partial charge in [0, 0.05) is 17.2 Å². The van der Waals surface area contributed by atoms with E-state index in [1.807, 2.05) is 6.07 Å². The summed E-state index contributed by atoms with van der Waals surface area (Å²) >= 11 is 0. The van der Waals surface area contributed by atoms with Crippen LogP contribution >= 0.6 is 0 Å². The Morgan fingerprint density at radius 1 is 0.581 bits per heavy atom. The molecule has 6 aromatic rings. The normalized spacial score (nSPS) is 12.2. The van der Waals surface area contributed by atoms with Crippen LogP contribution in [-0.2, 0) is 6.42 Å². The maximum atomic E-state index is 6.19. The Labute approximate surface area is 181 Å². The number of hydrogen-bond donors (Lipinski definition) is 0. The van der Waals surface area contributed by atoms with Gasteiger partial charge in [0.25, 0.3) is 0 Å². The number of rotatable bonds is 6. The average molecular weight is 407 g/mol. The molecule has 0 atom stereocenters. The maximum Gasteiger partial charge on any atom is 0.134 e. The highest BCUT2D eigenvalue weighted by atomic mass is 16.3. The highest BCUT2D eigenvalue weighted by Gasteiger charge is 2.10. The van der Waals surface area contributed by atoms with Crippen LogP contribution < -0.4 is 0 Å². The number of fused-ring (bicyclic) bond motifs is 7. The van der Waals surface area contributed by atoms with Gasteiger partial charge >= 0.3 is 0 Å². The minimum Gasteiger partial charge on any atom is -0.464 e. The molecule has 0 N–H and O–H groups in total. The Balaban J connectivity index is 1.45. The predicted octanol–water partition coefficient (Wildman–Crippen LogP) is 9.15. The van der Waals surface area contributed by atoms with E-state index in [-0.39, 0.29) is 0 Å². The highest BCUT2D eigenvalue weighted by molar-refractivity contribution is 6.20. The molecule has 0 aliphatic carbocycles. The van der Waals surface area contributed by atoms with Crippen molar-refractivity contribution in [1.82, 2.24) is 0 Å². The Hall–Kier alpha value is -3.26. The smallest absolute Gasteiger partial charge is 0.134 e. The molecule has 154 valence electrons. The van der Waals surface area contributed by atoms with E-state index in [2.05, 4.69) is 61.5 Å². The van der Waals surface area contributed by atoms with Crippen molar-refractivity contribution in [3.8, 4) is 0 Å². The van der Waals surface area contributed by atoms with Crippen molar-refractivity contribution >= 4 is 54.3 Å². The van der Waals surface area contributed by atoms with Crippen molar-refractivity contribution in [2.75, 3.05) is 0 Å². The molecule has 2 aromatic heterocycles. The summed E-state index contributed by atoms with van der Waals surface area (Å²) in [5.41, 5.74) is 1.94. The van der Waals surface area contributed by atoms with Crippen LogP contribution in [0.2, 0.25) is 0 Å². The fraction of sp³-hybridized carbons (Fsp3) is 0.241. The first-order valence-corrected chi connectivity index (χ1v) is 11.5. The lowest BCUT2D eigenvalue weighted by Gasteiger charge is -2.08. The van der Waals surface area contributed by atoms with E-state index >= 15 is 0 Å². The van der Waals surface area contributed by atoms with Crippen LogP contribution in [-0.4, -0.2) is 0 Å². The van der Waals surface area contributed by atoms with Gasteiger partial charge in [-0.25, -0.2) is 0 Å². The van der Waals surface area contributed by atoms with Crippen LogP contribution in [0.4, 0.5) is 0 Å². The van der Waals surface area contributed by atoms with Gasteiger partial charge in [-0.1, -0.05) is 56.9 Å². The van der Waals surface area contributed by atoms with Crippen molar-refractivity contribution in [2.45, 2.75) is 45.4 Å². The molecule has 2 heterocycles. The molecule has 0 saturated carbocycles. The summed E-state index contributed by atoms with van der Waals surface area (Å²) in [6, 6.07) is 22.1. The number of hydrogen-bond acceptors (Lipinski definition) is 2. The third-order valence-electron chi connectivity index (χ3n) is 6.62. The molecule has 31 heavy (non-hydrogen) atoms. The van der Waals surface area contributed by atoms with Crippen LogP contribution in [0.25, 0.3) is 54.3 Å². The summed E-state index contributed by atoms with van der Waals surface area (Å²) in [5.74, 6) is 1.11. The molecule has 0 aliphatic rings. The van der Waals surface area contributed by atoms with Gasteiger partial charge in [0.05, 0.1) is 6.26 Å². The van der Waals surface area contributed by atoms with Gasteiger partial charge in [-0.05, 0) is 75.1 Å². The first-order valence-electron chi connectivity index (χ1n) is 11.5. The lowest BCUT2D eigenvalue weighted by molar-refractivity contribution is 0.524. The topological polar surface area (TPSA) is 26.3 Å². The zero-order valence-corrected chi connectivity index (χ0v) is 17.9. The lowest BCUT2D eigenvalue weighted by atomic mass is 9.96. The molecule has 2 heteroatoms. The Bertz CT molecular complexity index is 1550. The second kappa shape index (κ2) is 7.46. The van der Waals surface area contributed by atoms with E-state index in [9.17, 15) is 0 Å². The summed E-state index contributed by atoms with van der Waals surface area (Å²) in [7, 11) is 0. The van der Waals surface area contributed by atoms with Gasteiger partial charge in [0.2, 0.25) is 0 Å². The van der Waals surface area contributed by atoms with E-state index < -0.39 is 0 Å². The minimum atomic E-state index is 0.940. The monoisotopic (exact) mass is 406 g/mol. The highest BCUT2D eigenvalue weighted by Crippen LogP contribution is 2.36. The second-order valence-electron chi connectivity index (χ2n) is 8.75. The number of aryl methyl sites for hydroxylation is 1. The molecule has 0 spiro atoms. The molecule has 0 radical (unpaired) electrons. The van der Waals surface area contributed by atoms with Gasteiger partial charge in [0.1, 0.15) is 16.9 Å². The zero-order chi connectivity index (χ0) is 20.8. The molecular weight excluding hydrogens is 380 g/mol. The van der Waals surface area contributed by atoms with Gasteiger partial charge in [-0.15, -0.1) is 0 Å². The number of furan rings is 2. The van der Waals surface area contributed by atoms with Crippen LogP contribution in [0.1, 0.15) is 44.8 Å². The lowest BCUT2D eigenvalue weighted by Crippen LogP contribution is -1.82. The van der Waals surface area contributed by atoms with Gasteiger partial charge in [-0.3, -0.25) is 0 Å². The Morgan fingerprint density at radius 2 is 1.29 bits per heavy atom. The molecular formula is C29H26O2. The molecule has 0 aliphatic heterocycles. The third-order valence-corrected chi connectivity index (χ3v) is 6.62. The minimum absolute atomic E-state index is 0.940. The molecule has 6 rings (SSSR count). The Morgan fingerprint density at radius 3 is 2.06 bits per heavy atom. The predicted molar refractivity (Wildman–Crippen MR) is 131 cm³/mol. The van der Waals surface area contributed by atoms with Crippen molar-refractivity contribution in [1.29, 1.82) is 0 Å².